The number of fused-ring (bicyclic) bond motifs is 1. The Morgan fingerprint density at radius 2 is 2.15 bits per heavy atom. The summed E-state index contributed by atoms with van der Waals surface area (Å²) in [6.07, 6.45) is -0.746. The van der Waals surface area contributed by atoms with E-state index in [2.05, 4.69) is 4.98 Å². The van der Waals surface area contributed by atoms with Crippen molar-refractivity contribution in [2.75, 3.05) is 6.61 Å². The van der Waals surface area contributed by atoms with Crippen LogP contribution in [0.1, 0.15) is 31.6 Å². The molecule has 0 amide bonds. The van der Waals surface area contributed by atoms with Crippen LogP contribution in [0, 0.1) is 0 Å². The Kier molecular flexibility index (Phi) is 4.53. The molecule has 0 bridgehead atoms. The van der Waals surface area contributed by atoms with Gasteiger partial charge in [0.2, 0.25) is 0 Å². The number of hydrogen-bond acceptors (Lipinski definition) is 5. The van der Waals surface area contributed by atoms with Crippen molar-refractivity contribution in [1.29, 1.82) is 0 Å². The third-order valence-electron chi connectivity index (χ3n) is 2.98. The Hall–Kier alpha value is -2.14. The monoisotopic (exact) mass is 275 g/mol. The minimum Gasteiger partial charge on any atom is -0.506 e. The largest absolute Gasteiger partial charge is 0.506 e. The molecule has 0 radical (unpaired) electrons. The second-order valence-electron chi connectivity index (χ2n) is 4.44. The van der Waals surface area contributed by atoms with Crippen molar-refractivity contribution in [3.8, 4) is 5.75 Å². The molecule has 0 fully saturated rings. The maximum atomic E-state index is 11.3. The molecule has 0 aliphatic rings. The van der Waals surface area contributed by atoms with Crippen molar-refractivity contribution in [1.82, 2.24) is 4.98 Å². The lowest BCUT2D eigenvalue weighted by Gasteiger charge is -2.12. The number of aliphatic hydroxyl groups excluding tert-OH is 1. The number of hydrogen-bond donors (Lipinski definition) is 2. The van der Waals surface area contributed by atoms with E-state index in [9.17, 15) is 15.0 Å². The van der Waals surface area contributed by atoms with Gasteiger partial charge in [-0.15, -0.1) is 0 Å². The molecule has 0 saturated carbocycles. The Morgan fingerprint density at radius 3 is 2.90 bits per heavy atom. The van der Waals surface area contributed by atoms with Crippen LogP contribution in [0.2, 0.25) is 0 Å². The SMILES string of the molecule is CCOC(=O)CCC(O)c1nc2ccccc2cc1O. The highest BCUT2D eigenvalue weighted by Gasteiger charge is 2.17. The number of aliphatic hydroxyl groups is 1. The lowest BCUT2D eigenvalue weighted by Crippen LogP contribution is -2.08. The van der Waals surface area contributed by atoms with Gasteiger partial charge in [-0.05, 0) is 25.5 Å². The van der Waals surface area contributed by atoms with Gasteiger partial charge in [-0.2, -0.15) is 0 Å². The number of carbonyl (C=O) groups excluding carboxylic acids is 1. The molecular weight excluding hydrogens is 258 g/mol. The Balaban J connectivity index is 2.15. The van der Waals surface area contributed by atoms with Gasteiger partial charge in [-0.3, -0.25) is 4.79 Å². The molecule has 20 heavy (non-hydrogen) atoms. The number of aromatic hydroxyl groups is 1. The van der Waals surface area contributed by atoms with Crippen LogP contribution in [0.4, 0.5) is 0 Å². The fourth-order valence-corrected chi connectivity index (χ4v) is 1.99. The second-order valence-corrected chi connectivity index (χ2v) is 4.44. The van der Waals surface area contributed by atoms with Gasteiger partial charge in [0.1, 0.15) is 17.5 Å². The van der Waals surface area contributed by atoms with E-state index in [1.165, 1.54) is 0 Å². The average molecular weight is 275 g/mol. The van der Waals surface area contributed by atoms with Crippen molar-refractivity contribution >= 4 is 16.9 Å². The summed E-state index contributed by atoms with van der Waals surface area (Å²) in [5.74, 6) is -0.438. The smallest absolute Gasteiger partial charge is 0.305 e. The molecule has 106 valence electrons. The second kappa shape index (κ2) is 6.34. The molecule has 0 aliphatic heterocycles. The van der Waals surface area contributed by atoms with Crippen LogP contribution in [-0.2, 0) is 9.53 Å². The number of pyridine rings is 1. The van der Waals surface area contributed by atoms with Gasteiger partial charge < -0.3 is 14.9 Å². The summed E-state index contributed by atoms with van der Waals surface area (Å²) in [6, 6.07) is 8.87. The third-order valence-corrected chi connectivity index (χ3v) is 2.98. The van der Waals surface area contributed by atoms with Gasteiger partial charge in [-0.1, -0.05) is 18.2 Å². The molecule has 1 unspecified atom stereocenters. The summed E-state index contributed by atoms with van der Waals surface area (Å²) in [6.45, 7) is 2.04. The first-order chi connectivity index (χ1) is 9.61. The average Bonchev–Trinajstić information content (AvgIpc) is 2.44. The van der Waals surface area contributed by atoms with E-state index in [-0.39, 0.29) is 30.3 Å². The number of carbonyl (C=O) groups is 1. The zero-order chi connectivity index (χ0) is 14.5. The Morgan fingerprint density at radius 1 is 1.40 bits per heavy atom. The topological polar surface area (TPSA) is 79.7 Å². The van der Waals surface area contributed by atoms with Crippen molar-refractivity contribution in [3.05, 3.63) is 36.0 Å². The highest BCUT2D eigenvalue weighted by atomic mass is 16.5. The van der Waals surface area contributed by atoms with Crippen molar-refractivity contribution in [2.45, 2.75) is 25.9 Å². The highest BCUT2D eigenvalue weighted by molar-refractivity contribution is 5.80. The predicted octanol–water partition coefficient (Wildman–Crippen LogP) is 2.32. The number of esters is 1. The summed E-state index contributed by atoms with van der Waals surface area (Å²) in [5.41, 5.74) is 0.878. The fourth-order valence-electron chi connectivity index (χ4n) is 1.99. The van der Waals surface area contributed by atoms with Gasteiger partial charge >= 0.3 is 5.97 Å². The molecule has 2 rings (SSSR count). The van der Waals surface area contributed by atoms with Crippen LogP contribution in [0.25, 0.3) is 10.9 Å². The molecule has 2 aromatic rings. The van der Waals surface area contributed by atoms with Crippen molar-refractivity contribution in [2.24, 2.45) is 0 Å². The standard InChI is InChI=1S/C15H17NO4/c1-2-20-14(19)8-7-12(17)15-13(18)9-10-5-3-4-6-11(10)16-15/h3-6,9,12,17-18H,2,7-8H2,1H3. The quantitative estimate of drug-likeness (QED) is 0.819. The first-order valence-corrected chi connectivity index (χ1v) is 6.54. The maximum Gasteiger partial charge on any atom is 0.305 e. The van der Waals surface area contributed by atoms with Gasteiger partial charge in [0.25, 0.3) is 0 Å². The lowest BCUT2D eigenvalue weighted by atomic mass is 10.1. The fraction of sp³-hybridized carbons (Fsp3) is 0.333. The number of para-hydroxylation sites is 1. The van der Waals surface area contributed by atoms with Crippen LogP contribution >= 0.6 is 0 Å². The predicted molar refractivity (Wildman–Crippen MR) is 74.2 cm³/mol. The minimum atomic E-state index is -0.996. The number of benzene rings is 1. The molecule has 5 heteroatoms. The van der Waals surface area contributed by atoms with Crippen LogP contribution in [0.5, 0.6) is 5.75 Å². The number of ether oxygens (including phenoxy) is 1. The van der Waals surface area contributed by atoms with E-state index in [1.54, 1.807) is 19.1 Å². The summed E-state index contributed by atoms with van der Waals surface area (Å²) >= 11 is 0. The summed E-state index contributed by atoms with van der Waals surface area (Å²) in [7, 11) is 0. The number of nitrogens with zero attached hydrogens (tertiary/aromatic N) is 1. The zero-order valence-electron chi connectivity index (χ0n) is 11.2. The van der Waals surface area contributed by atoms with E-state index >= 15 is 0 Å². The van der Waals surface area contributed by atoms with Crippen LogP contribution in [0.15, 0.2) is 30.3 Å². The molecule has 1 aromatic heterocycles. The van der Waals surface area contributed by atoms with E-state index in [1.807, 2.05) is 18.2 Å². The summed E-state index contributed by atoms with van der Waals surface area (Å²) < 4.78 is 4.80. The van der Waals surface area contributed by atoms with E-state index in [0.29, 0.717) is 12.1 Å². The Labute approximate surface area is 116 Å². The van der Waals surface area contributed by atoms with Gasteiger partial charge in [-0.25, -0.2) is 4.98 Å². The van der Waals surface area contributed by atoms with Crippen molar-refractivity contribution < 1.29 is 19.7 Å². The first-order valence-electron chi connectivity index (χ1n) is 6.54. The number of aromatic nitrogens is 1. The molecule has 1 aromatic carbocycles. The molecule has 1 heterocycles. The summed E-state index contributed by atoms with van der Waals surface area (Å²) in [5, 5.41) is 20.8. The lowest BCUT2D eigenvalue weighted by molar-refractivity contribution is -0.143. The van der Waals surface area contributed by atoms with Gasteiger partial charge in [0.05, 0.1) is 12.1 Å². The molecule has 1 atom stereocenters. The Bertz CT molecular complexity index is 612. The molecular formula is C15H17NO4. The molecule has 5 nitrogen and oxygen atoms in total. The molecule has 0 aliphatic carbocycles. The highest BCUT2D eigenvalue weighted by Crippen LogP contribution is 2.28. The first kappa shape index (κ1) is 14.3. The van der Waals surface area contributed by atoms with Crippen LogP contribution < -0.4 is 0 Å². The van der Waals surface area contributed by atoms with E-state index < -0.39 is 6.10 Å². The maximum absolute atomic E-state index is 11.3. The zero-order valence-corrected chi connectivity index (χ0v) is 11.2. The van der Waals surface area contributed by atoms with Gasteiger partial charge in [0.15, 0.2) is 0 Å². The molecule has 2 N–H and O–H groups in total. The van der Waals surface area contributed by atoms with Crippen molar-refractivity contribution in [3.63, 3.8) is 0 Å². The number of rotatable bonds is 5. The molecule has 0 saturated heterocycles. The van der Waals surface area contributed by atoms with E-state index in [0.717, 1.165) is 5.39 Å². The minimum absolute atomic E-state index is 0.0694. The summed E-state index contributed by atoms with van der Waals surface area (Å²) in [4.78, 5) is 15.5. The molecule has 0 spiro atoms. The normalized spacial score (nSPS) is 12.3. The third kappa shape index (κ3) is 3.24. The van der Waals surface area contributed by atoms with Gasteiger partial charge in [0, 0.05) is 11.8 Å². The van der Waals surface area contributed by atoms with Crippen LogP contribution in [0.3, 0.4) is 0 Å². The van der Waals surface area contributed by atoms with Crippen LogP contribution in [-0.4, -0.2) is 27.8 Å². The van der Waals surface area contributed by atoms with E-state index in [4.69, 9.17) is 4.74 Å².